The van der Waals surface area contributed by atoms with E-state index in [-0.39, 0.29) is 6.54 Å². The summed E-state index contributed by atoms with van der Waals surface area (Å²) in [6, 6.07) is 3.18. The summed E-state index contributed by atoms with van der Waals surface area (Å²) < 4.78 is 30.5. The van der Waals surface area contributed by atoms with Crippen molar-refractivity contribution in [2.45, 2.75) is 13.5 Å². The van der Waals surface area contributed by atoms with Crippen molar-refractivity contribution in [2.75, 3.05) is 5.32 Å². The summed E-state index contributed by atoms with van der Waals surface area (Å²) in [5, 5.41) is 6.37. The fourth-order valence-electron chi connectivity index (χ4n) is 1.25. The molecule has 1 aromatic heterocycles. The molecule has 0 aliphatic heterocycles. The van der Waals surface area contributed by atoms with E-state index in [1.54, 1.807) is 6.92 Å². The van der Waals surface area contributed by atoms with Gasteiger partial charge < -0.3 is 9.84 Å². The highest BCUT2D eigenvalue weighted by Gasteiger charge is 2.04. The summed E-state index contributed by atoms with van der Waals surface area (Å²) in [7, 11) is 0. The number of aromatic nitrogens is 2. The summed E-state index contributed by atoms with van der Waals surface area (Å²) in [4.78, 5) is 3.94. The monoisotopic (exact) mass is 225 g/mol. The van der Waals surface area contributed by atoms with Crippen molar-refractivity contribution in [1.29, 1.82) is 0 Å². The van der Waals surface area contributed by atoms with Gasteiger partial charge in [0.25, 0.3) is 0 Å². The quantitative estimate of drug-likeness (QED) is 0.870. The van der Waals surface area contributed by atoms with Crippen LogP contribution in [-0.2, 0) is 6.54 Å². The first-order chi connectivity index (χ1) is 7.63. The van der Waals surface area contributed by atoms with Gasteiger partial charge in [0.05, 0.1) is 6.54 Å². The van der Waals surface area contributed by atoms with E-state index in [0.717, 1.165) is 6.07 Å². The second-order valence-corrected chi connectivity index (χ2v) is 3.25. The highest BCUT2D eigenvalue weighted by molar-refractivity contribution is 5.43. The number of aryl methyl sites for hydroxylation is 1. The Balaban J connectivity index is 2.04. The van der Waals surface area contributed by atoms with Crippen molar-refractivity contribution in [1.82, 2.24) is 10.1 Å². The largest absolute Gasteiger partial charge is 0.376 e. The zero-order valence-corrected chi connectivity index (χ0v) is 8.50. The lowest BCUT2D eigenvalue weighted by molar-refractivity contribution is 0.379. The molecule has 0 amide bonds. The van der Waals surface area contributed by atoms with Gasteiger partial charge in [-0.1, -0.05) is 5.16 Å². The molecule has 84 valence electrons. The molecule has 0 saturated carbocycles. The van der Waals surface area contributed by atoms with Crippen LogP contribution in [0.2, 0.25) is 0 Å². The van der Waals surface area contributed by atoms with Gasteiger partial charge in [-0.3, -0.25) is 0 Å². The van der Waals surface area contributed by atoms with Gasteiger partial charge >= 0.3 is 0 Å². The topological polar surface area (TPSA) is 51.0 Å². The molecule has 0 bridgehead atoms. The highest BCUT2D eigenvalue weighted by Crippen LogP contribution is 2.13. The summed E-state index contributed by atoms with van der Waals surface area (Å²) in [6.45, 7) is 1.92. The Morgan fingerprint density at radius 2 is 1.94 bits per heavy atom. The molecule has 0 radical (unpaired) electrons. The van der Waals surface area contributed by atoms with Crippen LogP contribution in [0.5, 0.6) is 0 Å². The van der Waals surface area contributed by atoms with Crippen LogP contribution < -0.4 is 5.32 Å². The molecule has 0 saturated heterocycles. The lowest BCUT2D eigenvalue weighted by Gasteiger charge is -2.03. The van der Waals surface area contributed by atoms with Crippen molar-refractivity contribution in [3.05, 3.63) is 41.5 Å². The smallest absolute Gasteiger partial charge is 0.245 e. The van der Waals surface area contributed by atoms with Crippen LogP contribution in [0.15, 0.2) is 22.7 Å². The van der Waals surface area contributed by atoms with Gasteiger partial charge in [0.2, 0.25) is 5.89 Å². The van der Waals surface area contributed by atoms with Crippen LogP contribution in [-0.4, -0.2) is 10.1 Å². The van der Waals surface area contributed by atoms with Gasteiger partial charge in [-0.2, -0.15) is 4.98 Å². The first kappa shape index (κ1) is 10.5. The molecule has 1 heterocycles. The Morgan fingerprint density at radius 3 is 2.50 bits per heavy atom. The third kappa shape index (κ3) is 2.53. The zero-order valence-electron chi connectivity index (χ0n) is 8.50. The second kappa shape index (κ2) is 4.26. The number of halogens is 2. The minimum Gasteiger partial charge on any atom is -0.376 e. The molecular weight excluding hydrogens is 216 g/mol. The molecule has 0 unspecified atom stereocenters. The summed E-state index contributed by atoms with van der Waals surface area (Å²) in [6.07, 6.45) is 0. The summed E-state index contributed by atoms with van der Waals surface area (Å²) in [5.74, 6) is -0.391. The maximum absolute atomic E-state index is 12.8. The normalized spacial score (nSPS) is 10.4. The zero-order chi connectivity index (χ0) is 11.5. The van der Waals surface area contributed by atoms with E-state index in [1.165, 1.54) is 12.1 Å². The summed E-state index contributed by atoms with van der Waals surface area (Å²) >= 11 is 0. The van der Waals surface area contributed by atoms with Crippen molar-refractivity contribution in [3.8, 4) is 0 Å². The standard InChI is InChI=1S/C10H9F2N3O/c1-6-14-10(16-15-6)5-13-9-3-7(11)2-8(12)4-9/h2-4,13H,5H2,1H3. The van der Waals surface area contributed by atoms with Crippen LogP contribution in [0.1, 0.15) is 11.7 Å². The van der Waals surface area contributed by atoms with E-state index in [1.807, 2.05) is 0 Å². The minimum atomic E-state index is -0.635. The molecule has 0 aliphatic carbocycles. The van der Waals surface area contributed by atoms with Crippen molar-refractivity contribution in [2.24, 2.45) is 0 Å². The molecule has 16 heavy (non-hydrogen) atoms. The third-order valence-electron chi connectivity index (χ3n) is 1.88. The van der Waals surface area contributed by atoms with E-state index >= 15 is 0 Å². The van der Waals surface area contributed by atoms with E-state index < -0.39 is 11.6 Å². The van der Waals surface area contributed by atoms with Gasteiger partial charge in [-0.15, -0.1) is 0 Å². The number of hydrogen-bond acceptors (Lipinski definition) is 4. The van der Waals surface area contributed by atoms with Gasteiger partial charge in [0.15, 0.2) is 5.82 Å². The Morgan fingerprint density at radius 1 is 1.25 bits per heavy atom. The lowest BCUT2D eigenvalue weighted by atomic mass is 10.3. The van der Waals surface area contributed by atoms with E-state index in [4.69, 9.17) is 4.52 Å². The molecule has 2 rings (SSSR count). The van der Waals surface area contributed by atoms with Gasteiger partial charge in [-0.05, 0) is 19.1 Å². The van der Waals surface area contributed by atoms with E-state index in [0.29, 0.717) is 17.4 Å². The van der Waals surface area contributed by atoms with E-state index in [9.17, 15) is 8.78 Å². The fourth-order valence-corrected chi connectivity index (χ4v) is 1.25. The number of anilines is 1. The molecule has 0 atom stereocenters. The maximum atomic E-state index is 12.8. The molecular formula is C10H9F2N3O. The Kier molecular flexibility index (Phi) is 2.80. The second-order valence-electron chi connectivity index (χ2n) is 3.25. The highest BCUT2D eigenvalue weighted by atomic mass is 19.1. The molecule has 0 fully saturated rings. The molecule has 4 nitrogen and oxygen atoms in total. The predicted octanol–water partition coefficient (Wildman–Crippen LogP) is 2.27. The Bertz CT molecular complexity index is 478. The van der Waals surface area contributed by atoms with Gasteiger partial charge in [0, 0.05) is 11.8 Å². The SMILES string of the molecule is Cc1noc(CNc2cc(F)cc(F)c2)n1. The summed E-state index contributed by atoms with van der Waals surface area (Å²) in [5.41, 5.74) is 0.327. The minimum absolute atomic E-state index is 0.226. The van der Waals surface area contributed by atoms with Crippen LogP contribution in [0.4, 0.5) is 14.5 Å². The molecule has 2 aromatic rings. The van der Waals surface area contributed by atoms with Crippen LogP contribution in [0.3, 0.4) is 0 Å². The lowest BCUT2D eigenvalue weighted by Crippen LogP contribution is -2.00. The number of nitrogens with zero attached hydrogens (tertiary/aromatic N) is 2. The number of rotatable bonds is 3. The van der Waals surface area contributed by atoms with Gasteiger partial charge in [0.1, 0.15) is 11.6 Å². The first-order valence-electron chi connectivity index (χ1n) is 4.62. The fraction of sp³-hybridized carbons (Fsp3) is 0.200. The van der Waals surface area contributed by atoms with Crippen LogP contribution in [0.25, 0.3) is 0 Å². The average Bonchev–Trinajstić information content (AvgIpc) is 2.60. The molecule has 0 aliphatic rings. The maximum Gasteiger partial charge on any atom is 0.245 e. The van der Waals surface area contributed by atoms with E-state index in [2.05, 4.69) is 15.5 Å². The average molecular weight is 225 g/mol. The number of hydrogen-bond donors (Lipinski definition) is 1. The van der Waals surface area contributed by atoms with Crippen molar-refractivity contribution >= 4 is 5.69 Å². The molecule has 0 spiro atoms. The number of benzene rings is 1. The molecule has 1 aromatic carbocycles. The Hall–Kier alpha value is -1.98. The predicted molar refractivity (Wildman–Crippen MR) is 52.7 cm³/mol. The molecule has 6 heteroatoms. The van der Waals surface area contributed by atoms with Crippen molar-refractivity contribution in [3.63, 3.8) is 0 Å². The van der Waals surface area contributed by atoms with Gasteiger partial charge in [-0.25, -0.2) is 8.78 Å². The molecule has 1 N–H and O–H groups in total. The number of nitrogens with one attached hydrogen (secondary N) is 1. The third-order valence-corrected chi connectivity index (χ3v) is 1.88. The van der Waals surface area contributed by atoms with Crippen molar-refractivity contribution < 1.29 is 13.3 Å². The Labute approximate surface area is 90.3 Å². The van der Waals surface area contributed by atoms with Crippen LogP contribution >= 0.6 is 0 Å². The first-order valence-corrected chi connectivity index (χ1v) is 4.62. The van der Waals surface area contributed by atoms with Crippen LogP contribution in [0, 0.1) is 18.6 Å².